The summed E-state index contributed by atoms with van der Waals surface area (Å²) in [5.74, 6) is 0.101. The number of anilines is 1. The zero-order valence-corrected chi connectivity index (χ0v) is 19.6. The minimum Gasteiger partial charge on any atom is -0.393 e. The lowest BCUT2D eigenvalue weighted by molar-refractivity contribution is -0.116. The smallest absolute Gasteiger partial charge is 0.393 e. The number of nitrogens with zero attached hydrogens (tertiary/aromatic N) is 2. The molecule has 2 N–H and O–H groups in total. The molecule has 2 heterocycles. The molecule has 0 atom stereocenters. The number of rotatable bonds is 6. The van der Waals surface area contributed by atoms with Gasteiger partial charge in [0.1, 0.15) is 6.54 Å². The van der Waals surface area contributed by atoms with Crippen molar-refractivity contribution in [3.63, 3.8) is 0 Å². The Morgan fingerprint density at radius 3 is 2.48 bits per heavy atom. The topological polar surface area (TPSA) is 75.6 Å². The number of para-hydroxylation sites is 1. The van der Waals surface area contributed by atoms with Gasteiger partial charge in [-0.25, -0.2) is 4.79 Å². The standard InChI is InChI=1S/C25H29ClN4O3/c1-17(2)29-13-11-21(12-14-29)28-25(32)33-24-15-18-5-3-4-6-22(18)30(24)16-23(31)27-20-9-7-19(26)8-10-20/h3-10,15,17,21H,11-14,16H2,1-2H3,(H,27,31)(H,28,32). The Bertz CT molecular complexity index is 1120. The van der Waals surface area contributed by atoms with Crippen LogP contribution in [0.5, 0.6) is 5.88 Å². The van der Waals surface area contributed by atoms with E-state index in [0.29, 0.717) is 22.6 Å². The van der Waals surface area contributed by atoms with Gasteiger partial charge in [0.15, 0.2) is 0 Å². The van der Waals surface area contributed by atoms with E-state index < -0.39 is 6.09 Å². The number of hydrogen-bond donors (Lipinski definition) is 2. The Labute approximate surface area is 198 Å². The normalized spacial score (nSPS) is 15.0. The number of carbonyl (C=O) groups excluding carboxylic acids is 2. The van der Waals surface area contributed by atoms with Crippen LogP contribution in [-0.4, -0.2) is 46.6 Å². The first-order valence-corrected chi connectivity index (χ1v) is 11.6. The maximum atomic E-state index is 12.7. The molecule has 1 aliphatic rings. The van der Waals surface area contributed by atoms with Crippen molar-refractivity contribution < 1.29 is 14.3 Å². The van der Waals surface area contributed by atoms with Gasteiger partial charge in [0, 0.05) is 47.3 Å². The molecule has 0 saturated carbocycles. The van der Waals surface area contributed by atoms with Crippen LogP contribution < -0.4 is 15.4 Å². The fourth-order valence-electron chi connectivity index (χ4n) is 4.16. The summed E-state index contributed by atoms with van der Waals surface area (Å²) in [4.78, 5) is 27.8. The van der Waals surface area contributed by atoms with Crippen molar-refractivity contribution >= 4 is 40.2 Å². The number of halogens is 1. The van der Waals surface area contributed by atoms with Crippen molar-refractivity contribution in [1.29, 1.82) is 0 Å². The van der Waals surface area contributed by atoms with Crippen molar-refractivity contribution in [2.24, 2.45) is 0 Å². The molecule has 8 heteroatoms. The number of hydrogen-bond acceptors (Lipinski definition) is 4. The number of carbonyl (C=O) groups is 2. The van der Waals surface area contributed by atoms with E-state index in [2.05, 4.69) is 29.4 Å². The summed E-state index contributed by atoms with van der Waals surface area (Å²) in [6.07, 6.45) is 1.28. The number of piperidine rings is 1. The van der Waals surface area contributed by atoms with Gasteiger partial charge in [-0.2, -0.15) is 0 Å². The van der Waals surface area contributed by atoms with Gasteiger partial charge in [-0.05, 0) is 57.0 Å². The summed E-state index contributed by atoms with van der Waals surface area (Å²) in [5.41, 5.74) is 1.46. The van der Waals surface area contributed by atoms with Crippen LogP contribution in [-0.2, 0) is 11.3 Å². The third kappa shape index (κ3) is 5.86. The number of likely N-dealkylation sites (tertiary alicyclic amines) is 1. The van der Waals surface area contributed by atoms with E-state index >= 15 is 0 Å². The molecule has 3 aromatic rings. The first-order chi connectivity index (χ1) is 15.9. The van der Waals surface area contributed by atoms with Crippen LogP contribution >= 0.6 is 11.6 Å². The highest BCUT2D eigenvalue weighted by atomic mass is 35.5. The maximum absolute atomic E-state index is 12.7. The van der Waals surface area contributed by atoms with E-state index in [1.54, 1.807) is 34.9 Å². The molecule has 0 spiro atoms. The Balaban J connectivity index is 1.44. The molecule has 1 fully saturated rings. The summed E-state index contributed by atoms with van der Waals surface area (Å²) < 4.78 is 7.39. The van der Waals surface area contributed by atoms with Crippen molar-refractivity contribution in [2.75, 3.05) is 18.4 Å². The molecule has 0 aliphatic carbocycles. The first kappa shape index (κ1) is 23.1. The van der Waals surface area contributed by atoms with E-state index in [1.807, 2.05) is 24.3 Å². The van der Waals surface area contributed by atoms with Crippen LogP contribution in [0.25, 0.3) is 10.9 Å². The zero-order chi connectivity index (χ0) is 23.4. The Morgan fingerprint density at radius 1 is 1.09 bits per heavy atom. The lowest BCUT2D eigenvalue weighted by Crippen LogP contribution is -2.47. The molecule has 2 aromatic carbocycles. The molecule has 174 valence electrons. The third-order valence-electron chi connectivity index (χ3n) is 5.98. The Hall–Kier alpha value is -3.03. The number of nitrogens with one attached hydrogen (secondary N) is 2. The van der Waals surface area contributed by atoms with E-state index in [4.69, 9.17) is 16.3 Å². The molecule has 7 nitrogen and oxygen atoms in total. The first-order valence-electron chi connectivity index (χ1n) is 11.2. The van der Waals surface area contributed by atoms with Crippen molar-refractivity contribution in [2.45, 2.75) is 45.3 Å². The molecular weight excluding hydrogens is 440 g/mol. The maximum Gasteiger partial charge on any atom is 0.414 e. The van der Waals surface area contributed by atoms with Crippen molar-refractivity contribution in [3.8, 4) is 5.88 Å². The summed E-state index contributed by atoms with van der Waals surface area (Å²) in [6.45, 7) is 6.28. The minimum atomic E-state index is -0.500. The van der Waals surface area contributed by atoms with Gasteiger partial charge in [-0.1, -0.05) is 29.8 Å². The molecular formula is C25H29ClN4O3. The van der Waals surface area contributed by atoms with Gasteiger partial charge >= 0.3 is 6.09 Å². The lowest BCUT2D eigenvalue weighted by atomic mass is 10.0. The van der Waals surface area contributed by atoms with Crippen LogP contribution in [0.4, 0.5) is 10.5 Å². The lowest BCUT2D eigenvalue weighted by Gasteiger charge is -2.34. The number of fused-ring (bicyclic) bond motifs is 1. The van der Waals surface area contributed by atoms with Gasteiger partial charge in [0.05, 0.1) is 5.52 Å². The van der Waals surface area contributed by atoms with E-state index in [-0.39, 0.29) is 18.5 Å². The molecule has 1 saturated heterocycles. The highest BCUT2D eigenvalue weighted by molar-refractivity contribution is 6.30. The Morgan fingerprint density at radius 2 is 1.79 bits per heavy atom. The van der Waals surface area contributed by atoms with Crippen molar-refractivity contribution in [3.05, 3.63) is 59.6 Å². The molecule has 1 aromatic heterocycles. The second kappa shape index (κ2) is 10.3. The Kier molecular flexibility index (Phi) is 7.20. The number of amides is 2. The zero-order valence-electron chi connectivity index (χ0n) is 18.9. The van der Waals surface area contributed by atoms with Crippen LogP contribution in [0.3, 0.4) is 0 Å². The fraction of sp³-hybridized carbons (Fsp3) is 0.360. The predicted molar refractivity (Wildman–Crippen MR) is 131 cm³/mol. The molecule has 33 heavy (non-hydrogen) atoms. The SMILES string of the molecule is CC(C)N1CCC(NC(=O)Oc2cc3ccccc3n2CC(=O)Nc2ccc(Cl)cc2)CC1. The number of aromatic nitrogens is 1. The van der Waals surface area contributed by atoms with Crippen molar-refractivity contribution in [1.82, 2.24) is 14.8 Å². The van der Waals surface area contributed by atoms with E-state index in [0.717, 1.165) is 36.8 Å². The number of benzene rings is 2. The summed E-state index contributed by atoms with van der Waals surface area (Å²) in [6, 6.07) is 16.9. The molecule has 2 amide bonds. The summed E-state index contributed by atoms with van der Waals surface area (Å²) in [7, 11) is 0. The number of ether oxygens (including phenoxy) is 1. The van der Waals surface area contributed by atoms with Crippen LogP contribution in [0.15, 0.2) is 54.6 Å². The van der Waals surface area contributed by atoms with Gasteiger partial charge in [-0.3, -0.25) is 4.79 Å². The van der Waals surface area contributed by atoms with Crippen LogP contribution in [0, 0.1) is 0 Å². The van der Waals surface area contributed by atoms with Gasteiger partial charge in [0.25, 0.3) is 0 Å². The predicted octanol–water partition coefficient (Wildman–Crippen LogP) is 4.89. The quantitative estimate of drug-likeness (QED) is 0.539. The molecule has 0 unspecified atom stereocenters. The fourth-order valence-corrected chi connectivity index (χ4v) is 4.29. The second-order valence-corrected chi connectivity index (χ2v) is 9.06. The molecule has 0 bridgehead atoms. The summed E-state index contributed by atoms with van der Waals surface area (Å²) >= 11 is 5.92. The average Bonchev–Trinajstić information content (AvgIpc) is 3.12. The third-order valence-corrected chi connectivity index (χ3v) is 6.23. The van der Waals surface area contributed by atoms with Gasteiger partial charge in [0.2, 0.25) is 11.8 Å². The summed E-state index contributed by atoms with van der Waals surface area (Å²) in [5, 5.41) is 7.33. The molecule has 0 radical (unpaired) electrons. The molecule has 4 rings (SSSR count). The second-order valence-electron chi connectivity index (χ2n) is 8.62. The van der Waals surface area contributed by atoms with Crippen LogP contribution in [0.1, 0.15) is 26.7 Å². The van der Waals surface area contributed by atoms with E-state index in [9.17, 15) is 9.59 Å². The highest BCUT2D eigenvalue weighted by Crippen LogP contribution is 2.26. The van der Waals surface area contributed by atoms with Crippen LogP contribution in [0.2, 0.25) is 5.02 Å². The van der Waals surface area contributed by atoms with E-state index in [1.165, 1.54) is 0 Å². The minimum absolute atomic E-state index is 0.00549. The van der Waals surface area contributed by atoms with Gasteiger partial charge < -0.3 is 24.8 Å². The largest absolute Gasteiger partial charge is 0.414 e. The highest BCUT2D eigenvalue weighted by Gasteiger charge is 2.23. The molecule has 1 aliphatic heterocycles. The van der Waals surface area contributed by atoms with Gasteiger partial charge in [-0.15, -0.1) is 0 Å². The monoisotopic (exact) mass is 468 g/mol. The average molecular weight is 469 g/mol.